The van der Waals surface area contributed by atoms with Crippen molar-refractivity contribution in [3.05, 3.63) is 23.8 Å². The summed E-state index contributed by atoms with van der Waals surface area (Å²) in [6, 6.07) is 5.13. The summed E-state index contributed by atoms with van der Waals surface area (Å²) in [5.41, 5.74) is 0.570. The van der Waals surface area contributed by atoms with Crippen molar-refractivity contribution in [2.24, 2.45) is 0 Å². The number of hydrogen-bond donors (Lipinski definition) is 2. The second-order valence-electron chi connectivity index (χ2n) is 4.03. The molecule has 5 nitrogen and oxygen atoms in total. The quantitative estimate of drug-likeness (QED) is 0.699. The summed E-state index contributed by atoms with van der Waals surface area (Å²) in [4.78, 5) is 11.9. The van der Waals surface area contributed by atoms with Crippen molar-refractivity contribution in [2.45, 2.75) is 13.3 Å². The summed E-state index contributed by atoms with van der Waals surface area (Å²) in [5.74, 6) is 1.08. The monoisotopic (exact) mass is 266 g/mol. The van der Waals surface area contributed by atoms with Crippen molar-refractivity contribution in [3.8, 4) is 11.5 Å². The Bertz CT molecular complexity index is 408. The van der Waals surface area contributed by atoms with Crippen LogP contribution in [0.3, 0.4) is 0 Å². The Morgan fingerprint density at radius 2 is 1.89 bits per heavy atom. The van der Waals surface area contributed by atoms with Crippen molar-refractivity contribution in [1.82, 2.24) is 10.6 Å². The number of hydrogen-bond acceptors (Lipinski definition) is 4. The van der Waals surface area contributed by atoms with E-state index < -0.39 is 0 Å². The number of nitrogens with one attached hydrogen (secondary N) is 2. The van der Waals surface area contributed by atoms with Crippen LogP contribution in [0.5, 0.6) is 11.5 Å². The van der Waals surface area contributed by atoms with Gasteiger partial charge in [-0.1, -0.05) is 6.92 Å². The van der Waals surface area contributed by atoms with E-state index in [4.69, 9.17) is 9.47 Å². The van der Waals surface area contributed by atoms with E-state index >= 15 is 0 Å². The second-order valence-corrected chi connectivity index (χ2v) is 4.03. The lowest BCUT2D eigenvalue weighted by Crippen LogP contribution is -2.27. The van der Waals surface area contributed by atoms with Gasteiger partial charge >= 0.3 is 0 Å². The lowest BCUT2D eigenvalue weighted by molar-refractivity contribution is 0.0953. The van der Waals surface area contributed by atoms with Gasteiger partial charge in [0, 0.05) is 12.1 Å². The third-order valence-electron chi connectivity index (χ3n) is 2.71. The van der Waals surface area contributed by atoms with Crippen molar-refractivity contribution >= 4 is 5.91 Å². The van der Waals surface area contributed by atoms with E-state index in [9.17, 15) is 4.79 Å². The zero-order valence-electron chi connectivity index (χ0n) is 11.8. The first-order valence-corrected chi connectivity index (χ1v) is 6.43. The Kier molecular flexibility index (Phi) is 6.74. The molecule has 0 saturated carbocycles. The van der Waals surface area contributed by atoms with Crippen LogP contribution in [0, 0.1) is 0 Å². The van der Waals surface area contributed by atoms with Gasteiger partial charge in [-0.05, 0) is 37.7 Å². The number of carbonyl (C=O) groups is 1. The number of benzene rings is 1. The highest BCUT2D eigenvalue weighted by molar-refractivity contribution is 5.94. The first-order valence-electron chi connectivity index (χ1n) is 6.43. The standard InChI is InChI=1S/C14H22N2O3/c1-4-15-8-5-9-16-14(17)11-6-7-12(18-2)13(10-11)19-3/h6-7,10,15H,4-5,8-9H2,1-3H3,(H,16,17). The van der Waals surface area contributed by atoms with Crippen LogP contribution in [0.4, 0.5) is 0 Å². The average molecular weight is 266 g/mol. The van der Waals surface area contributed by atoms with Crippen molar-refractivity contribution in [2.75, 3.05) is 33.9 Å². The highest BCUT2D eigenvalue weighted by atomic mass is 16.5. The van der Waals surface area contributed by atoms with E-state index in [1.165, 1.54) is 0 Å². The zero-order valence-corrected chi connectivity index (χ0v) is 11.8. The molecule has 0 bridgehead atoms. The maximum atomic E-state index is 11.9. The number of methoxy groups -OCH3 is 2. The van der Waals surface area contributed by atoms with Gasteiger partial charge in [-0.3, -0.25) is 4.79 Å². The van der Waals surface area contributed by atoms with Crippen molar-refractivity contribution < 1.29 is 14.3 Å². The van der Waals surface area contributed by atoms with E-state index in [0.29, 0.717) is 23.6 Å². The summed E-state index contributed by atoms with van der Waals surface area (Å²) in [6.07, 6.45) is 0.910. The molecule has 0 fully saturated rings. The van der Waals surface area contributed by atoms with Crippen LogP contribution in [0.15, 0.2) is 18.2 Å². The molecule has 1 aromatic rings. The molecule has 5 heteroatoms. The molecule has 0 heterocycles. The van der Waals surface area contributed by atoms with Crippen molar-refractivity contribution in [3.63, 3.8) is 0 Å². The Balaban J connectivity index is 2.52. The largest absolute Gasteiger partial charge is 0.493 e. The summed E-state index contributed by atoms with van der Waals surface area (Å²) >= 11 is 0. The van der Waals surface area contributed by atoms with E-state index in [1.54, 1.807) is 32.4 Å². The molecular weight excluding hydrogens is 244 g/mol. The minimum absolute atomic E-state index is 0.0996. The van der Waals surface area contributed by atoms with Gasteiger partial charge in [0.1, 0.15) is 0 Å². The lowest BCUT2D eigenvalue weighted by Gasteiger charge is -2.10. The molecular formula is C14H22N2O3. The van der Waals surface area contributed by atoms with Gasteiger partial charge in [-0.25, -0.2) is 0 Å². The fourth-order valence-electron chi connectivity index (χ4n) is 1.67. The topological polar surface area (TPSA) is 59.6 Å². The average Bonchev–Trinajstić information content (AvgIpc) is 2.46. The van der Waals surface area contributed by atoms with Crippen LogP contribution in [-0.4, -0.2) is 39.8 Å². The molecule has 1 rings (SSSR count). The summed E-state index contributed by atoms with van der Waals surface area (Å²) < 4.78 is 10.3. The molecule has 0 aliphatic heterocycles. The van der Waals surface area contributed by atoms with E-state index in [-0.39, 0.29) is 5.91 Å². The van der Waals surface area contributed by atoms with E-state index in [0.717, 1.165) is 19.5 Å². The van der Waals surface area contributed by atoms with Gasteiger partial charge in [0.2, 0.25) is 0 Å². The SMILES string of the molecule is CCNCCCNC(=O)c1ccc(OC)c(OC)c1. The minimum Gasteiger partial charge on any atom is -0.493 e. The Morgan fingerprint density at radius 1 is 1.16 bits per heavy atom. The molecule has 1 aromatic carbocycles. The molecule has 0 radical (unpaired) electrons. The molecule has 0 atom stereocenters. The van der Waals surface area contributed by atoms with Gasteiger partial charge in [0.25, 0.3) is 5.91 Å². The molecule has 0 aliphatic rings. The van der Waals surface area contributed by atoms with Crippen molar-refractivity contribution in [1.29, 1.82) is 0 Å². The van der Waals surface area contributed by atoms with Gasteiger partial charge in [-0.15, -0.1) is 0 Å². The van der Waals surface area contributed by atoms with Gasteiger partial charge < -0.3 is 20.1 Å². The second kappa shape index (κ2) is 8.37. The smallest absolute Gasteiger partial charge is 0.251 e. The molecule has 0 saturated heterocycles. The van der Waals surface area contributed by atoms with Crippen LogP contribution in [0.1, 0.15) is 23.7 Å². The Hall–Kier alpha value is -1.75. The molecule has 106 valence electrons. The maximum Gasteiger partial charge on any atom is 0.251 e. The van der Waals surface area contributed by atoms with Crippen LogP contribution < -0.4 is 20.1 Å². The molecule has 1 amide bonds. The maximum absolute atomic E-state index is 11.9. The van der Waals surface area contributed by atoms with E-state index in [2.05, 4.69) is 17.6 Å². The minimum atomic E-state index is -0.0996. The number of ether oxygens (including phenoxy) is 2. The molecule has 0 aliphatic carbocycles. The normalized spacial score (nSPS) is 10.1. The third-order valence-corrected chi connectivity index (χ3v) is 2.71. The predicted molar refractivity (Wildman–Crippen MR) is 75.0 cm³/mol. The lowest BCUT2D eigenvalue weighted by atomic mass is 10.2. The Morgan fingerprint density at radius 3 is 2.53 bits per heavy atom. The zero-order chi connectivity index (χ0) is 14.1. The molecule has 0 unspecified atom stereocenters. The summed E-state index contributed by atoms with van der Waals surface area (Å²) in [7, 11) is 3.12. The van der Waals surface area contributed by atoms with Crippen LogP contribution >= 0.6 is 0 Å². The van der Waals surface area contributed by atoms with Crippen LogP contribution in [0.2, 0.25) is 0 Å². The predicted octanol–water partition coefficient (Wildman–Crippen LogP) is 1.43. The van der Waals surface area contributed by atoms with E-state index in [1.807, 2.05) is 0 Å². The van der Waals surface area contributed by atoms with Gasteiger partial charge in [0.15, 0.2) is 11.5 Å². The number of amides is 1. The fourth-order valence-corrected chi connectivity index (χ4v) is 1.67. The summed E-state index contributed by atoms with van der Waals surface area (Å²) in [6.45, 7) is 4.56. The van der Waals surface area contributed by atoms with Gasteiger partial charge in [-0.2, -0.15) is 0 Å². The molecule has 0 aromatic heterocycles. The molecule has 2 N–H and O–H groups in total. The Labute approximate surface area is 114 Å². The highest BCUT2D eigenvalue weighted by Crippen LogP contribution is 2.27. The van der Waals surface area contributed by atoms with Crippen LogP contribution in [0.25, 0.3) is 0 Å². The molecule has 19 heavy (non-hydrogen) atoms. The number of rotatable bonds is 8. The highest BCUT2D eigenvalue weighted by Gasteiger charge is 2.09. The first-order chi connectivity index (χ1) is 9.22. The van der Waals surface area contributed by atoms with Crippen LogP contribution in [-0.2, 0) is 0 Å². The first kappa shape index (κ1) is 15.3. The summed E-state index contributed by atoms with van der Waals surface area (Å²) in [5, 5.41) is 6.08. The van der Waals surface area contributed by atoms with Gasteiger partial charge in [0.05, 0.1) is 14.2 Å². The fraction of sp³-hybridized carbons (Fsp3) is 0.500. The third kappa shape index (κ3) is 4.79. The number of carbonyl (C=O) groups excluding carboxylic acids is 1. The molecule has 0 spiro atoms.